The molecular formula is C19H16FN3S. The minimum atomic E-state index is -0.227. The molecule has 0 aliphatic heterocycles. The fraction of sp³-hybridized carbons (Fsp3) is 0.158. The van der Waals surface area contributed by atoms with Crippen molar-refractivity contribution in [2.24, 2.45) is 0 Å². The van der Waals surface area contributed by atoms with Gasteiger partial charge in [-0.2, -0.15) is 0 Å². The summed E-state index contributed by atoms with van der Waals surface area (Å²) >= 11 is 1.62. The number of halogens is 1. The first kappa shape index (κ1) is 15.1. The van der Waals surface area contributed by atoms with E-state index in [1.54, 1.807) is 24.0 Å². The van der Waals surface area contributed by atoms with Gasteiger partial charge >= 0.3 is 0 Å². The highest BCUT2D eigenvalue weighted by Gasteiger charge is 2.12. The first-order chi connectivity index (χ1) is 11.8. The van der Waals surface area contributed by atoms with Crippen molar-refractivity contribution in [2.75, 3.05) is 0 Å². The highest BCUT2D eigenvalue weighted by Crippen LogP contribution is 2.29. The fourth-order valence-electron chi connectivity index (χ4n) is 2.95. The summed E-state index contributed by atoms with van der Waals surface area (Å²) in [5.74, 6) is 0.407. The zero-order chi connectivity index (χ0) is 16.5. The third-order valence-corrected chi connectivity index (χ3v) is 5.07. The number of hydrogen-bond acceptors (Lipinski definition) is 3. The molecule has 0 bridgehead atoms. The monoisotopic (exact) mass is 337 g/mol. The van der Waals surface area contributed by atoms with E-state index in [2.05, 4.69) is 22.5 Å². The van der Waals surface area contributed by atoms with Crippen molar-refractivity contribution in [3.05, 3.63) is 66.1 Å². The Morgan fingerprint density at radius 2 is 2.00 bits per heavy atom. The van der Waals surface area contributed by atoms with Crippen LogP contribution in [0.2, 0.25) is 0 Å². The number of fused-ring (bicyclic) bond motifs is 2. The van der Waals surface area contributed by atoms with Crippen molar-refractivity contribution in [3.8, 4) is 0 Å². The lowest BCUT2D eigenvalue weighted by Gasteiger charge is -2.08. The summed E-state index contributed by atoms with van der Waals surface area (Å²) in [4.78, 5) is 9.13. The quantitative estimate of drug-likeness (QED) is 0.489. The molecule has 0 spiro atoms. The van der Waals surface area contributed by atoms with Crippen LogP contribution < -0.4 is 0 Å². The molecule has 24 heavy (non-hydrogen) atoms. The van der Waals surface area contributed by atoms with Gasteiger partial charge in [-0.05, 0) is 42.8 Å². The van der Waals surface area contributed by atoms with Gasteiger partial charge in [-0.3, -0.25) is 4.98 Å². The SMILES string of the molecule is CCn1c(SCc2cc(F)cc3cccnc23)nc2ccccc21. The van der Waals surface area contributed by atoms with E-state index in [0.717, 1.165) is 39.2 Å². The Kier molecular flexibility index (Phi) is 3.94. The van der Waals surface area contributed by atoms with Crippen molar-refractivity contribution in [1.29, 1.82) is 0 Å². The third kappa shape index (κ3) is 2.65. The normalized spacial score (nSPS) is 11.4. The van der Waals surface area contributed by atoms with E-state index in [-0.39, 0.29) is 5.82 Å². The molecule has 5 heteroatoms. The lowest BCUT2D eigenvalue weighted by Crippen LogP contribution is -1.97. The summed E-state index contributed by atoms with van der Waals surface area (Å²) in [7, 11) is 0. The van der Waals surface area contributed by atoms with Crippen LogP contribution in [0.1, 0.15) is 12.5 Å². The van der Waals surface area contributed by atoms with Gasteiger partial charge < -0.3 is 4.57 Å². The Balaban J connectivity index is 1.71. The molecule has 120 valence electrons. The Hall–Kier alpha value is -2.40. The smallest absolute Gasteiger partial charge is 0.169 e. The van der Waals surface area contributed by atoms with Crippen LogP contribution >= 0.6 is 11.8 Å². The predicted octanol–water partition coefficient (Wildman–Crippen LogP) is 5.04. The van der Waals surface area contributed by atoms with Gasteiger partial charge in [0.15, 0.2) is 5.16 Å². The molecule has 3 nitrogen and oxygen atoms in total. The second kappa shape index (κ2) is 6.24. The van der Waals surface area contributed by atoms with E-state index in [9.17, 15) is 4.39 Å². The van der Waals surface area contributed by atoms with Crippen LogP contribution in [0.15, 0.2) is 59.9 Å². The predicted molar refractivity (Wildman–Crippen MR) is 96.7 cm³/mol. The summed E-state index contributed by atoms with van der Waals surface area (Å²) in [5.41, 5.74) is 3.87. The number of pyridine rings is 1. The molecule has 2 aromatic carbocycles. The first-order valence-electron chi connectivity index (χ1n) is 7.87. The molecular weight excluding hydrogens is 321 g/mol. The average Bonchev–Trinajstić information content (AvgIpc) is 2.97. The summed E-state index contributed by atoms with van der Waals surface area (Å²) in [6, 6.07) is 14.9. The molecule has 4 rings (SSSR count). The highest BCUT2D eigenvalue weighted by molar-refractivity contribution is 7.98. The van der Waals surface area contributed by atoms with Crippen LogP contribution in [-0.2, 0) is 12.3 Å². The number of imidazole rings is 1. The van der Waals surface area contributed by atoms with Crippen molar-refractivity contribution in [2.45, 2.75) is 24.4 Å². The molecule has 0 aliphatic carbocycles. The zero-order valence-corrected chi connectivity index (χ0v) is 14.1. The second-order valence-corrected chi connectivity index (χ2v) is 6.50. The Bertz CT molecular complexity index is 1030. The zero-order valence-electron chi connectivity index (χ0n) is 13.2. The van der Waals surface area contributed by atoms with Gasteiger partial charge in [0.1, 0.15) is 5.82 Å². The molecule has 0 aliphatic rings. The molecule has 0 saturated heterocycles. The summed E-state index contributed by atoms with van der Waals surface area (Å²) < 4.78 is 16.1. The number of aryl methyl sites for hydroxylation is 1. The van der Waals surface area contributed by atoms with E-state index < -0.39 is 0 Å². The molecule has 2 aromatic heterocycles. The lowest BCUT2D eigenvalue weighted by atomic mass is 10.1. The van der Waals surface area contributed by atoms with Crippen molar-refractivity contribution in [3.63, 3.8) is 0 Å². The third-order valence-electron chi connectivity index (χ3n) is 4.04. The Labute approximate surface area is 143 Å². The van der Waals surface area contributed by atoms with Gasteiger partial charge in [0.2, 0.25) is 0 Å². The maximum atomic E-state index is 13.9. The molecule has 4 aromatic rings. The minimum Gasteiger partial charge on any atom is -0.319 e. The molecule has 2 heterocycles. The minimum absolute atomic E-state index is 0.227. The number of hydrogen-bond donors (Lipinski definition) is 0. The maximum Gasteiger partial charge on any atom is 0.169 e. The molecule has 0 amide bonds. The number of rotatable bonds is 4. The van der Waals surface area contributed by atoms with E-state index >= 15 is 0 Å². The Morgan fingerprint density at radius 1 is 1.12 bits per heavy atom. The van der Waals surface area contributed by atoms with Crippen LogP contribution in [0.3, 0.4) is 0 Å². The number of nitrogens with zero attached hydrogens (tertiary/aromatic N) is 3. The van der Waals surface area contributed by atoms with Crippen molar-refractivity contribution >= 4 is 33.7 Å². The van der Waals surface area contributed by atoms with Crippen LogP contribution in [-0.4, -0.2) is 14.5 Å². The second-order valence-electron chi connectivity index (χ2n) is 5.56. The molecule has 0 saturated carbocycles. The van der Waals surface area contributed by atoms with Crippen LogP contribution in [0.5, 0.6) is 0 Å². The summed E-state index contributed by atoms with van der Waals surface area (Å²) in [6.07, 6.45) is 1.75. The highest BCUT2D eigenvalue weighted by atomic mass is 32.2. The van der Waals surface area contributed by atoms with Gasteiger partial charge in [0.05, 0.1) is 16.6 Å². The number of thioether (sulfide) groups is 1. The summed E-state index contributed by atoms with van der Waals surface area (Å²) in [6.45, 7) is 2.96. The van der Waals surface area contributed by atoms with E-state index in [1.807, 2.05) is 30.3 Å². The maximum absolute atomic E-state index is 13.9. The van der Waals surface area contributed by atoms with Crippen molar-refractivity contribution in [1.82, 2.24) is 14.5 Å². The fourth-order valence-corrected chi connectivity index (χ4v) is 4.00. The molecule has 0 radical (unpaired) electrons. The van der Waals surface area contributed by atoms with Gasteiger partial charge in [0.25, 0.3) is 0 Å². The van der Waals surface area contributed by atoms with Crippen molar-refractivity contribution < 1.29 is 4.39 Å². The number of benzene rings is 2. The van der Waals surface area contributed by atoms with Gasteiger partial charge in [0, 0.05) is 23.9 Å². The van der Waals surface area contributed by atoms with Crippen LogP contribution in [0.4, 0.5) is 4.39 Å². The first-order valence-corrected chi connectivity index (χ1v) is 8.86. The van der Waals surface area contributed by atoms with Crippen LogP contribution in [0.25, 0.3) is 21.9 Å². The lowest BCUT2D eigenvalue weighted by molar-refractivity contribution is 0.628. The van der Waals surface area contributed by atoms with E-state index in [4.69, 9.17) is 4.98 Å². The molecule has 0 unspecified atom stereocenters. The molecule has 0 atom stereocenters. The topological polar surface area (TPSA) is 30.7 Å². The number of aromatic nitrogens is 3. The van der Waals surface area contributed by atoms with Gasteiger partial charge in [-0.1, -0.05) is 30.0 Å². The van der Waals surface area contributed by atoms with E-state index in [0.29, 0.717) is 5.75 Å². The largest absolute Gasteiger partial charge is 0.319 e. The molecule has 0 N–H and O–H groups in total. The van der Waals surface area contributed by atoms with E-state index in [1.165, 1.54) is 6.07 Å². The Morgan fingerprint density at radius 3 is 2.88 bits per heavy atom. The van der Waals surface area contributed by atoms with Crippen LogP contribution in [0, 0.1) is 5.82 Å². The number of para-hydroxylation sites is 2. The summed E-state index contributed by atoms with van der Waals surface area (Å²) in [5, 5.41) is 1.78. The van der Waals surface area contributed by atoms with Gasteiger partial charge in [-0.15, -0.1) is 0 Å². The molecule has 0 fully saturated rings. The average molecular weight is 337 g/mol. The van der Waals surface area contributed by atoms with Gasteiger partial charge in [-0.25, -0.2) is 9.37 Å². The standard InChI is InChI=1S/C19H16FN3S/c1-2-23-17-8-4-3-7-16(17)22-19(23)24-12-14-11-15(20)10-13-6-5-9-21-18(13)14/h3-11H,2,12H2,1H3.